The molecule has 2 saturated heterocycles. The number of aromatic carboxylic acids is 1. The van der Waals surface area contributed by atoms with Crippen LogP contribution in [0.3, 0.4) is 0 Å². The van der Waals surface area contributed by atoms with Crippen LogP contribution in [0.15, 0.2) is 24.3 Å². The number of nitrogens with one attached hydrogen (secondary N) is 2. The largest absolute Gasteiger partial charge is 0.485 e. The summed E-state index contributed by atoms with van der Waals surface area (Å²) in [5.41, 5.74) is 0.207. The Morgan fingerprint density at radius 1 is 0.964 bits per heavy atom. The minimum atomic E-state index is -0.977. The SMILES string of the molecule is O=C(NC1CCCCC1)N[C@H]1CO[C@H]2[C@@H]1OC[C@@H]2Oc1ccc(C(=O)O)cc1. The highest BCUT2D eigenvalue weighted by Crippen LogP contribution is 2.30. The molecule has 0 spiro atoms. The monoisotopic (exact) mass is 390 g/mol. The smallest absolute Gasteiger partial charge is 0.335 e. The first-order chi connectivity index (χ1) is 13.6. The van der Waals surface area contributed by atoms with Crippen molar-refractivity contribution in [1.82, 2.24) is 10.6 Å². The molecule has 4 rings (SSSR count). The fourth-order valence-electron chi connectivity index (χ4n) is 4.18. The number of rotatable bonds is 5. The number of urea groups is 1. The van der Waals surface area contributed by atoms with Crippen LogP contribution in [0.1, 0.15) is 42.5 Å². The second-order valence-corrected chi connectivity index (χ2v) is 7.64. The van der Waals surface area contributed by atoms with E-state index in [1.54, 1.807) is 12.1 Å². The predicted molar refractivity (Wildman–Crippen MR) is 99.6 cm³/mol. The van der Waals surface area contributed by atoms with Gasteiger partial charge in [0.1, 0.15) is 18.0 Å². The van der Waals surface area contributed by atoms with Gasteiger partial charge in [-0.15, -0.1) is 0 Å². The van der Waals surface area contributed by atoms with Crippen molar-refractivity contribution in [2.24, 2.45) is 0 Å². The maximum absolute atomic E-state index is 12.3. The van der Waals surface area contributed by atoms with Crippen molar-refractivity contribution >= 4 is 12.0 Å². The fraction of sp³-hybridized carbons (Fsp3) is 0.600. The van der Waals surface area contributed by atoms with Gasteiger partial charge < -0.3 is 30.0 Å². The van der Waals surface area contributed by atoms with Gasteiger partial charge in [-0.2, -0.15) is 0 Å². The van der Waals surface area contributed by atoms with Crippen LogP contribution in [0.25, 0.3) is 0 Å². The van der Waals surface area contributed by atoms with E-state index in [1.165, 1.54) is 18.6 Å². The number of hydrogen-bond donors (Lipinski definition) is 3. The molecule has 0 radical (unpaired) electrons. The predicted octanol–water partition coefficient (Wildman–Crippen LogP) is 1.93. The average Bonchev–Trinajstić information content (AvgIpc) is 3.27. The van der Waals surface area contributed by atoms with Crippen LogP contribution in [-0.4, -0.2) is 60.7 Å². The summed E-state index contributed by atoms with van der Waals surface area (Å²) in [5, 5.41) is 15.0. The zero-order valence-electron chi connectivity index (χ0n) is 15.6. The second kappa shape index (κ2) is 8.36. The van der Waals surface area contributed by atoms with Gasteiger partial charge in [0.2, 0.25) is 0 Å². The number of carbonyl (C=O) groups is 2. The highest BCUT2D eigenvalue weighted by molar-refractivity contribution is 5.87. The summed E-state index contributed by atoms with van der Waals surface area (Å²) in [6.07, 6.45) is 4.83. The van der Waals surface area contributed by atoms with E-state index in [4.69, 9.17) is 19.3 Å². The molecule has 28 heavy (non-hydrogen) atoms. The van der Waals surface area contributed by atoms with Crippen LogP contribution in [0, 0.1) is 0 Å². The number of hydrogen-bond acceptors (Lipinski definition) is 5. The molecule has 4 atom stereocenters. The number of carbonyl (C=O) groups excluding carboxylic acids is 1. The van der Waals surface area contributed by atoms with Crippen molar-refractivity contribution in [3.63, 3.8) is 0 Å². The van der Waals surface area contributed by atoms with Crippen LogP contribution >= 0.6 is 0 Å². The van der Waals surface area contributed by atoms with E-state index >= 15 is 0 Å². The number of benzene rings is 1. The standard InChI is InChI=1S/C20H26N2O6/c23-19(24)12-6-8-14(9-7-12)28-16-11-27-17-15(10-26-18(16)17)22-20(25)21-13-4-2-1-3-5-13/h6-9,13,15-18H,1-5,10-11H2,(H,23,24)(H2,21,22,25)/t15-,16-,17+,18+/m0/s1. The van der Waals surface area contributed by atoms with Crippen LogP contribution in [0.2, 0.25) is 0 Å². The number of ether oxygens (including phenoxy) is 3. The highest BCUT2D eigenvalue weighted by Gasteiger charge is 2.49. The summed E-state index contributed by atoms with van der Waals surface area (Å²) < 4.78 is 17.6. The van der Waals surface area contributed by atoms with Crippen molar-refractivity contribution in [3.8, 4) is 5.75 Å². The Kier molecular flexibility index (Phi) is 5.68. The minimum Gasteiger partial charge on any atom is -0.485 e. The third-order valence-corrected chi connectivity index (χ3v) is 5.65. The van der Waals surface area contributed by atoms with Crippen molar-refractivity contribution in [3.05, 3.63) is 29.8 Å². The third-order valence-electron chi connectivity index (χ3n) is 5.65. The van der Waals surface area contributed by atoms with E-state index in [2.05, 4.69) is 10.6 Å². The molecular weight excluding hydrogens is 364 g/mol. The van der Waals surface area contributed by atoms with Gasteiger partial charge in [-0.05, 0) is 37.1 Å². The number of carboxylic acid groups (broad SMARTS) is 1. The molecule has 8 heteroatoms. The number of carboxylic acids is 1. The van der Waals surface area contributed by atoms with Gasteiger partial charge >= 0.3 is 12.0 Å². The van der Waals surface area contributed by atoms with Crippen LogP contribution in [0.4, 0.5) is 4.79 Å². The van der Waals surface area contributed by atoms with E-state index in [1.807, 2.05) is 0 Å². The van der Waals surface area contributed by atoms with Crippen molar-refractivity contribution < 1.29 is 28.9 Å². The van der Waals surface area contributed by atoms with Gasteiger partial charge in [0, 0.05) is 6.04 Å². The molecule has 1 aliphatic carbocycles. The van der Waals surface area contributed by atoms with E-state index in [-0.39, 0.29) is 42.0 Å². The molecule has 2 amide bonds. The van der Waals surface area contributed by atoms with E-state index < -0.39 is 5.97 Å². The molecule has 1 aromatic rings. The van der Waals surface area contributed by atoms with E-state index in [0.717, 1.165) is 25.7 Å². The molecule has 3 aliphatic rings. The molecule has 2 heterocycles. The molecule has 2 aliphatic heterocycles. The lowest BCUT2D eigenvalue weighted by atomic mass is 9.96. The first kappa shape index (κ1) is 19.0. The summed E-state index contributed by atoms with van der Waals surface area (Å²) in [7, 11) is 0. The lowest BCUT2D eigenvalue weighted by Crippen LogP contribution is -2.51. The first-order valence-electron chi connectivity index (χ1n) is 9.90. The summed E-state index contributed by atoms with van der Waals surface area (Å²) in [4.78, 5) is 23.2. The summed E-state index contributed by atoms with van der Waals surface area (Å²) in [5.74, 6) is -0.412. The van der Waals surface area contributed by atoms with Crippen molar-refractivity contribution in [1.29, 1.82) is 0 Å². The molecule has 0 bridgehead atoms. The minimum absolute atomic E-state index is 0.168. The molecule has 3 fully saturated rings. The second-order valence-electron chi connectivity index (χ2n) is 7.64. The first-order valence-corrected chi connectivity index (χ1v) is 9.90. The van der Waals surface area contributed by atoms with Crippen LogP contribution in [-0.2, 0) is 9.47 Å². The zero-order valence-corrected chi connectivity index (χ0v) is 15.6. The topological polar surface area (TPSA) is 106 Å². The molecule has 3 N–H and O–H groups in total. The van der Waals surface area contributed by atoms with Crippen LogP contribution < -0.4 is 15.4 Å². The lowest BCUT2D eigenvalue weighted by molar-refractivity contribution is 0.0303. The Morgan fingerprint density at radius 3 is 2.39 bits per heavy atom. The molecule has 8 nitrogen and oxygen atoms in total. The van der Waals surface area contributed by atoms with Crippen LogP contribution in [0.5, 0.6) is 5.75 Å². The van der Waals surface area contributed by atoms with Crippen molar-refractivity contribution in [2.45, 2.75) is 62.5 Å². The molecule has 152 valence electrons. The number of fused-ring (bicyclic) bond motifs is 1. The molecule has 1 saturated carbocycles. The van der Waals surface area contributed by atoms with Crippen molar-refractivity contribution in [2.75, 3.05) is 13.2 Å². The van der Waals surface area contributed by atoms with Gasteiger partial charge in [0.15, 0.2) is 6.10 Å². The van der Waals surface area contributed by atoms with Gasteiger partial charge in [0.05, 0.1) is 24.8 Å². The van der Waals surface area contributed by atoms with Gasteiger partial charge in [0.25, 0.3) is 0 Å². The highest BCUT2D eigenvalue weighted by atomic mass is 16.6. The average molecular weight is 390 g/mol. The van der Waals surface area contributed by atoms with Gasteiger partial charge in [-0.3, -0.25) is 0 Å². The molecular formula is C20H26N2O6. The maximum Gasteiger partial charge on any atom is 0.335 e. The Balaban J connectivity index is 1.29. The summed E-state index contributed by atoms with van der Waals surface area (Å²) in [6.45, 7) is 0.740. The zero-order chi connectivity index (χ0) is 19.5. The van der Waals surface area contributed by atoms with E-state index in [0.29, 0.717) is 19.0 Å². The lowest BCUT2D eigenvalue weighted by Gasteiger charge is -2.24. The summed E-state index contributed by atoms with van der Waals surface area (Å²) >= 11 is 0. The maximum atomic E-state index is 12.3. The quantitative estimate of drug-likeness (QED) is 0.709. The van der Waals surface area contributed by atoms with E-state index in [9.17, 15) is 9.59 Å². The summed E-state index contributed by atoms with van der Waals surface area (Å²) in [6, 6.07) is 6.12. The Bertz CT molecular complexity index is 703. The number of amides is 2. The Morgan fingerprint density at radius 2 is 1.68 bits per heavy atom. The third kappa shape index (κ3) is 4.23. The molecule has 1 aromatic carbocycles. The van der Waals surface area contributed by atoms with Gasteiger partial charge in [-0.25, -0.2) is 9.59 Å². The Labute approximate surface area is 163 Å². The molecule has 0 unspecified atom stereocenters. The molecule has 0 aromatic heterocycles. The fourth-order valence-corrected chi connectivity index (χ4v) is 4.18. The normalized spacial score (nSPS) is 29.9. The van der Waals surface area contributed by atoms with Gasteiger partial charge in [-0.1, -0.05) is 19.3 Å². The Hall–Kier alpha value is -2.32.